The van der Waals surface area contributed by atoms with Crippen molar-refractivity contribution in [2.24, 2.45) is 11.3 Å². The molecule has 2 aromatic carbocycles. The number of unbranched alkanes of at least 4 members (excludes halogenated alkanes) is 6. The lowest BCUT2D eigenvalue weighted by Gasteiger charge is -2.22. The first kappa shape index (κ1) is 38.8. The van der Waals surface area contributed by atoms with Crippen LogP contribution in [0.4, 0.5) is 0 Å². The maximum absolute atomic E-state index is 11.9. The van der Waals surface area contributed by atoms with Crippen LogP contribution in [-0.2, 0) is 9.53 Å². The fourth-order valence-corrected chi connectivity index (χ4v) is 5.71. The molecule has 10 heteroatoms. The molecule has 0 fully saturated rings. The minimum Gasteiger partial charge on any atom is -0.507 e. The highest BCUT2D eigenvalue weighted by Crippen LogP contribution is 2.28. The third-order valence-corrected chi connectivity index (χ3v) is 7.94. The minimum absolute atomic E-state index is 0.0638. The number of ether oxygens (including phenoxy) is 2. The van der Waals surface area contributed by atoms with Gasteiger partial charge in [0.1, 0.15) is 22.8 Å². The highest BCUT2D eigenvalue weighted by molar-refractivity contribution is 6.05. The van der Waals surface area contributed by atoms with Crippen molar-refractivity contribution in [2.75, 3.05) is 13.2 Å². The van der Waals surface area contributed by atoms with E-state index < -0.39 is 11.3 Å². The Labute approximate surface area is 287 Å². The van der Waals surface area contributed by atoms with E-state index in [9.17, 15) is 29.4 Å². The van der Waals surface area contributed by atoms with E-state index >= 15 is 0 Å². The fraction of sp³-hybridized carbons (Fsp3) is 0.487. The summed E-state index contributed by atoms with van der Waals surface area (Å²) in [5.41, 5.74) is -0.200. The SMILES string of the molecule is CC(=O)c1cccc2c(O)cc(=O)oc12.CC(CCC(=O)OCCCCCCCCCOc1ccc2c(O)cc(=O)oc2c1)CC(C)(C)C. The van der Waals surface area contributed by atoms with Gasteiger partial charge in [-0.25, -0.2) is 9.59 Å². The van der Waals surface area contributed by atoms with Crippen molar-refractivity contribution in [1.29, 1.82) is 0 Å². The average molecular weight is 679 g/mol. The van der Waals surface area contributed by atoms with E-state index in [4.69, 9.17) is 18.3 Å². The molecule has 0 aliphatic carbocycles. The third kappa shape index (κ3) is 13.4. The van der Waals surface area contributed by atoms with Gasteiger partial charge in [-0.2, -0.15) is 0 Å². The number of Topliss-reactive ketones (excluding diaryl/α,β-unsaturated/α-hetero) is 1. The van der Waals surface area contributed by atoms with Crippen molar-refractivity contribution in [3.05, 3.63) is 74.9 Å². The zero-order valence-corrected chi connectivity index (χ0v) is 29.3. The zero-order valence-electron chi connectivity index (χ0n) is 29.3. The molecule has 2 N–H and O–H groups in total. The molecule has 0 radical (unpaired) electrons. The summed E-state index contributed by atoms with van der Waals surface area (Å²) in [6.45, 7) is 11.4. The molecule has 2 heterocycles. The van der Waals surface area contributed by atoms with Gasteiger partial charge >= 0.3 is 17.2 Å². The van der Waals surface area contributed by atoms with Crippen LogP contribution in [0.25, 0.3) is 21.9 Å². The second-order valence-corrected chi connectivity index (χ2v) is 13.8. The van der Waals surface area contributed by atoms with Crippen LogP contribution in [-0.4, -0.2) is 35.2 Å². The number of ketones is 1. The molecule has 0 bridgehead atoms. The maximum atomic E-state index is 11.9. The van der Waals surface area contributed by atoms with E-state index in [0.29, 0.717) is 58.6 Å². The van der Waals surface area contributed by atoms with Crippen LogP contribution in [0.2, 0.25) is 0 Å². The smallest absolute Gasteiger partial charge is 0.339 e. The minimum atomic E-state index is -0.672. The Hall–Kier alpha value is -4.60. The lowest BCUT2D eigenvalue weighted by molar-refractivity contribution is -0.144. The van der Waals surface area contributed by atoms with Crippen LogP contribution in [0.3, 0.4) is 0 Å². The summed E-state index contributed by atoms with van der Waals surface area (Å²) in [7, 11) is 0. The number of hydrogen-bond donors (Lipinski definition) is 2. The number of esters is 1. The van der Waals surface area contributed by atoms with Gasteiger partial charge in [0.15, 0.2) is 11.4 Å². The topological polar surface area (TPSA) is 153 Å². The lowest BCUT2D eigenvalue weighted by atomic mass is 9.84. The largest absolute Gasteiger partial charge is 0.507 e. The second-order valence-electron chi connectivity index (χ2n) is 13.8. The van der Waals surface area contributed by atoms with Crippen LogP contribution in [0.5, 0.6) is 17.2 Å². The number of para-hydroxylation sites is 1. The van der Waals surface area contributed by atoms with Gasteiger partial charge < -0.3 is 28.5 Å². The van der Waals surface area contributed by atoms with E-state index in [-0.39, 0.29) is 28.8 Å². The summed E-state index contributed by atoms with van der Waals surface area (Å²) in [5, 5.41) is 20.1. The van der Waals surface area contributed by atoms with Crippen LogP contribution in [0, 0.1) is 11.3 Å². The molecule has 1 atom stereocenters. The van der Waals surface area contributed by atoms with Crippen LogP contribution < -0.4 is 16.0 Å². The number of benzene rings is 2. The molecule has 4 rings (SSSR count). The summed E-state index contributed by atoms with van der Waals surface area (Å²) in [4.78, 5) is 45.5. The highest BCUT2D eigenvalue weighted by Gasteiger charge is 2.16. The van der Waals surface area contributed by atoms with E-state index in [2.05, 4.69) is 27.7 Å². The predicted molar refractivity (Wildman–Crippen MR) is 190 cm³/mol. The summed E-state index contributed by atoms with van der Waals surface area (Å²) in [6.07, 6.45) is 10.1. The van der Waals surface area contributed by atoms with Gasteiger partial charge in [0.25, 0.3) is 0 Å². The molecule has 1 unspecified atom stereocenters. The Morgan fingerprint density at radius 1 is 0.796 bits per heavy atom. The number of fused-ring (bicyclic) bond motifs is 2. The van der Waals surface area contributed by atoms with Gasteiger partial charge in [0.2, 0.25) is 0 Å². The van der Waals surface area contributed by atoms with Crippen molar-refractivity contribution < 1.29 is 38.1 Å². The lowest BCUT2D eigenvalue weighted by Crippen LogP contribution is -2.13. The Morgan fingerprint density at radius 3 is 2.06 bits per heavy atom. The van der Waals surface area contributed by atoms with Crippen molar-refractivity contribution in [1.82, 2.24) is 0 Å². The number of aromatic hydroxyl groups is 2. The average Bonchev–Trinajstić information content (AvgIpc) is 3.01. The van der Waals surface area contributed by atoms with E-state index in [1.165, 1.54) is 13.3 Å². The molecule has 10 nitrogen and oxygen atoms in total. The molecule has 0 spiro atoms. The van der Waals surface area contributed by atoms with E-state index in [0.717, 1.165) is 63.5 Å². The number of carbonyl (C=O) groups excluding carboxylic acids is 2. The Bertz CT molecular complexity index is 1790. The number of rotatable bonds is 16. The highest BCUT2D eigenvalue weighted by atomic mass is 16.5. The molecule has 0 aliphatic rings. The van der Waals surface area contributed by atoms with Gasteiger partial charge in [-0.3, -0.25) is 9.59 Å². The molecule has 49 heavy (non-hydrogen) atoms. The first-order valence-corrected chi connectivity index (χ1v) is 17.1. The fourth-order valence-electron chi connectivity index (χ4n) is 5.71. The van der Waals surface area contributed by atoms with Gasteiger partial charge in [-0.05, 0) is 68.2 Å². The quantitative estimate of drug-likeness (QED) is 0.0509. The van der Waals surface area contributed by atoms with Crippen molar-refractivity contribution in [3.8, 4) is 17.2 Å². The molecular formula is C39H50O10. The number of carbonyl (C=O) groups is 2. The maximum Gasteiger partial charge on any atom is 0.339 e. The summed E-state index contributed by atoms with van der Waals surface area (Å²) in [6, 6.07) is 11.9. The van der Waals surface area contributed by atoms with Crippen molar-refractivity contribution >= 4 is 33.7 Å². The monoisotopic (exact) mass is 678 g/mol. The van der Waals surface area contributed by atoms with Crippen molar-refractivity contribution in [3.63, 3.8) is 0 Å². The van der Waals surface area contributed by atoms with Crippen molar-refractivity contribution in [2.45, 2.75) is 98.8 Å². The van der Waals surface area contributed by atoms with Crippen LogP contribution in [0.15, 0.2) is 67.0 Å². The molecular weight excluding hydrogens is 628 g/mol. The summed E-state index contributed by atoms with van der Waals surface area (Å²) in [5.74, 6) is 0.629. The van der Waals surface area contributed by atoms with Crippen LogP contribution >= 0.6 is 0 Å². The Balaban J connectivity index is 0.000000357. The van der Waals surface area contributed by atoms with Gasteiger partial charge in [-0.15, -0.1) is 0 Å². The molecule has 0 saturated heterocycles. The standard InChI is InChI=1S/C28H42O6.C11H8O4/c1-21(20-28(2,3)4)12-15-26(30)33-17-11-9-7-5-6-8-10-16-32-22-13-14-23-24(29)19-27(31)34-25(23)18-22;1-6(12)7-3-2-4-8-9(13)5-10(14)15-11(7)8/h13-14,18-19,21,29H,5-12,15-17,20H2,1-4H3;2-5,13H,1H3. The second kappa shape index (κ2) is 18.8. The first-order chi connectivity index (χ1) is 23.2. The normalized spacial score (nSPS) is 11.9. The molecule has 266 valence electrons. The predicted octanol–water partition coefficient (Wildman–Crippen LogP) is 8.71. The van der Waals surface area contributed by atoms with Gasteiger partial charge in [0, 0.05) is 12.5 Å². The van der Waals surface area contributed by atoms with Gasteiger partial charge in [0.05, 0.1) is 41.7 Å². The van der Waals surface area contributed by atoms with Gasteiger partial charge in [-0.1, -0.05) is 65.9 Å². The first-order valence-electron chi connectivity index (χ1n) is 17.1. The zero-order chi connectivity index (χ0) is 36.0. The summed E-state index contributed by atoms with van der Waals surface area (Å²) >= 11 is 0. The Kier molecular flexibility index (Phi) is 14.9. The third-order valence-electron chi connectivity index (χ3n) is 7.94. The molecule has 0 saturated carbocycles. The Morgan fingerprint density at radius 2 is 1.41 bits per heavy atom. The summed E-state index contributed by atoms with van der Waals surface area (Å²) < 4.78 is 21.1. The molecule has 0 amide bonds. The van der Waals surface area contributed by atoms with E-state index in [1.54, 1.807) is 36.4 Å². The molecule has 2 aromatic heterocycles. The molecule has 0 aliphatic heterocycles. The van der Waals surface area contributed by atoms with E-state index in [1.807, 2.05) is 0 Å². The molecule has 4 aromatic rings. The number of hydrogen-bond acceptors (Lipinski definition) is 10. The van der Waals surface area contributed by atoms with Crippen LogP contribution in [0.1, 0.15) is 109 Å².